The second kappa shape index (κ2) is 90.3. The number of hydrogen-bond donors (Lipinski definition) is 0. The van der Waals surface area contributed by atoms with E-state index in [1.54, 1.807) is 0 Å². The van der Waals surface area contributed by atoms with Gasteiger partial charge >= 0.3 is 132 Å². The maximum atomic E-state index is 0. The Morgan fingerprint density at radius 2 is 0.455 bits per heavy atom. The molecule has 0 amide bonds. The van der Waals surface area contributed by atoms with Crippen LogP contribution >= 0.6 is 0 Å². The number of hydrogen-bond acceptors (Lipinski definition) is 0. The molecule has 0 spiro atoms. The summed E-state index contributed by atoms with van der Waals surface area (Å²) in [6.07, 6.45) is 0. The van der Waals surface area contributed by atoms with Gasteiger partial charge in [-0.2, -0.15) is 0 Å². The van der Waals surface area contributed by atoms with Gasteiger partial charge in [0.2, 0.25) is 0 Å². The molecule has 70 valence electrons. The van der Waals surface area contributed by atoms with Gasteiger partial charge in [0.05, 0.1) is 0 Å². The molecule has 10 radical (unpaired) electrons. The van der Waals surface area contributed by atoms with Crippen molar-refractivity contribution in [3.63, 3.8) is 0 Å². The molecule has 11 heavy (non-hydrogen) atoms. The minimum Gasteiger partial charge on any atom is -2.00 e. The van der Waals surface area contributed by atoms with Gasteiger partial charge in [-0.1, -0.05) is 0 Å². The summed E-state index contributed by atoms with van der Waals surface area (Å²) in [6.45, 7) is 0. The largest absolute Gasteiger partial charge is 3.00 e. The second-order valence-electron chi connectivity index (χ2n) is 0. The Balaban J connectivity index is 0. The molecule has 0 aromatic carbocycles. The van der Waals surface area contributed by atoms with Crippen molar-refractivity contribution in [3.05, 3.63) is 0 Å². The van der Waals surface area contributed by atoms with Crippen LogP contribution in [0.4, 0.5) is 0 Å². The summed E-state index contributed by atoms with van der Waals surface area (Å²) < 4.78 is 0. The first kappa shape index (κ1) is 108. The smallest absolute Gasteiger partial charge is 2.00 e. The van der Waals surface area contributed by atoms with Crippen molar-refractivity contribution in [3.8, 4) is 0 Å². The zero-order chi connectivity index (χ0) is 0. The third kappa shape index (κ3) is 79.3. The minimum atomic E-state index is 0. The van der Waals surface area contributed by atoms with Gasteiger partial charge in [0.1, 0.15) is 0 Å². The molecule has 0 saturated carbocycles. The maximum Gasteiger partial charge on any atom is 3.00 e. The van der Waals surface area contributed by atoms with Crippen molar-refractivity contribution in [1.29, 1.82) is 0 Å². The third-order valence-corrected chi connectivity index (χ3v) is 0. The fraction of sp³-hybridized carbons (Fsp3) is 0. The van der Waals surface area contributed by atoms with E-state index in [1.807, 2.05) is 0 Å². The molecule has 0 bridgehead atoms. The molecular formula is H4Ba2Bi2Co2Fe2O3. The summed E-state index contributed by atoms with van der Waals surface area (Å²) in [5, 5.41) is 0. The van der Waals surface area contributed by atoms with Gasteiger partial charge in [0.15, 0.2) is 0 Å². The predicted molar refractivity (Wildman–Crippen MR) is 30.7 cm³/mol. The molecule has 0 aliphatic heterocycles. The van der Waals surface area contributed by atoms with Crippen molar-refractivity contribution >= 4 is 150 Å². The van der Waals surface area contributed by atoms with Crippen molar-refractivity contribution in [2.75, 3.05) is 0 Å². The number of rotatable bonds is 0. The summed E-state index contributed by atoms with van der Waals surface area (Å²) >= 11 is 0. The Bertz CT molecular complexity index is 25.3. The van der Waals surface area contributed by atoms with Crippen molar-refractivity contribution < 1.29 is 84.1 Å². The third-order valence-electron chi connectivity index (χ3n) is 0. The van der Waals surface area contributed by atoms with Gasteiger partial charge in [0, 0.05) is 86.0 Å². The van der Waals surface area contributed by atoms with Gasteiger partial charge in [-0.15, -0.1) is 0 Å². The van der Waals surface area contributed by atoms with Gasteiger partial charge < -0.3 is 16.4 Å². The molecule has 0 unspecified atom stereocenters. The van der Waals surface area contributed by atoms with Crippen LogP contribution in [0.15, 0.2) is 0 Å². The standard InChI is InChI=1S/2Ba.2Bi.2Co.2Fe.3O.4H/q;;;;;;2*+3;3*-2;;;;. The van der Waals surface area contributed by atoms with E-state index >= 15 is 0 Å². The SMILES string of the molecule is [BaH2].[BaH2].[Bi].[Bi].[Co].[Co].[Fe+3].[Fe+3].[O-2].[O-2].[O-2]. The molecule has 0 rings (SSSR count). The van der Waals surface area contributed by atoms with Crippen LogP contribution in [-0.2, 0) is 84.1 Å². The van der Waals surface area contributed by atoms with Gasteiger partial charge in [-0.05, 0) is 0 Å². The van der Waals surface area contributed by atoms with Crippen LogP contribution in [0.5, 0.6) is 0 Å². The Kier molecular flexibility index (Phi) is 888. The minimum absolute atomic E-state index is 0. The second-order valence-corrected chi connectivity index (χ2v) is 0. The van der Waals surface area contributed by atoms with Gasteiger partial charge in [-0.25, -0.2) is 0 Å². The first-order chi connectivity index (χ1) is 0. The quantitative estimate of drug-likeness (QED) is 0.233. The van der Waals surface area contributed by atoms with Gasteiger partial charge in [0.25, 0.3) is 0 Å². The van der Waals surface area contributed by atoms with Gasteiger partial charge in [-0.3, -0.25) is 0 Å². The Labute approximate surface area is 227 Å². The summed E-state index contributed by atoms with van der Waals surface area (Å²) in [6, 6.07) is 0. The molecule has 0 saturated heterocycles. The predicted octanol–water partition coefficient (Wildman–Crippen LogP) is -2.96. The van der Waals surface area contributed by atoms with Crippen LogP contribution in [0.3, 0.4) is 0 Å². The van der Waals surface area contributed by atoms with E-state index in [1.165, 1.54) is 0 Å². The summed E-state index contributed by atoms with van der Waals surface area (Å²) in [5.41, 5.74) is 0. The van der Waals surface area contributed by atoms with Crippen LogP contribution in [0, 0.1) is 0 Å². The van der Waals surface area contributed by atoms with Crippen LogP contribution < -0.4 is 0 Å². The van der Waals surface area contributed by atoms with E-state index in [2.05, 4.69) is 0 Å². The van der Waals surface area contributed by atoms with Crippen LogP contribution in [0.25, 0.3) is 0 Å². The Morgan fingerprint density at radius 1 is 0.455 bits per heavy atom. The molecule has 0 heterocycles. The first-order valence-corrected chi connectivity index (χ1v) is 0. The molecule has 11 heteroatoms. The summed E-state index contributed by atoms with van der Waals surface area (Å²) in [7, 11) is 0. The molecule has 3 nitrogen and oxygen atoms in total. The van der Waals surface area contributed by atoms with Crippen molar-refractivity contribution in [2.45, 2.75) is 0 Å². The fourth-order valence-electron chi connectivity index (χ4n) is 0. The normalized spacial score (nSPS) is 0. The van der Waals surface area contributed by atoms with E-state index in [0.717, 1.165) is 0 Å². The first-order valence-electron chi connectivity index (χ1n) is 0. The zero-order valence-electron chi connectivity index (χ0n) is 3.49. The topological polar surface area (TPSA) is 85.5 Å². The Morgan fingerprint density at radius 3 is 0.455 bits per heavy atom. The zero-order valence-corrected chi connectivity index (χ0v) is 14.7. The van der Waals surface area contributed by atoms with Crippen molar-refractivity contribution in [2.24, 2.45) is 0 Å². The van der Waals surface area contributed by atoms with E-state index in [9.17, 15) is 0 Å². The molecule has 0 aromatic rings. The van der Waals surface area contributed by atoms with Crippen LogP contribution in [-0.4, -0.2) is 150 Å². The summed E-state index contributed by atoms with van der Waals surface area (Å²) in [4.78, 5) is 0. The van der Waals surface area contributed by atoms with Crippen LogP contribution in [0.1, 0.15) is 0 Å². The molecule has 0 aromatic heterocycles. The van der Waals surface area contributed by atoms with E-state index < -0.39 is 0 Å². The molecule has 0 atom stereocenters. The molecule has 0 aliphatic rings. The molecular weight excluding hydrogens is 970 g/mol. The average molecular weight is 974 g/mol. The molecule has 0 fully saturated rings. The van der Waals surface area contributed by atoms with Crippen molar-refractivity contribution in [1.82, 2.24) is 0 Å². The fourth-order valence-corrected chi connectivity index (χ4v) is 0. The molecule has 0 aliphatic carbocycles. The van der Waals surface area contributed by atoms with E-state index in [-0.39, 0.29) is 234 Å². The van der Waals surface area contributed by atoms with E-state index in [4.69, 9.17) is 0 Å². The van der Waals surface area contributed by atoms with Crippen LogP contribution in [0.2, 0.25) is 0 Å². The Hall–Kier alpha value is 6.84. The molecule has 0 N–H and O–H groups in total. The monoisotopic (exact) mass is 976 g/mol. The maximum absolute atomic E-state index is 0. The van der Waals surface area contributed by atoms with E-state index in [0.29, 0.717) is 0 Å². The summed E-state index contributed by atoms with van der Waals surface area (Å²) in [5.74, 6) is 0. The average Bonchev–Trinajstić information content (AvgIpc) is 0.